The first-order chi connectivity index (χ1) is 15.7. The van der Waals surface area contributed by atoms with E-state index < -0.39 is 0 Å². The average Bonchev–Trinajstić information content (AvgIpc) is 3.53. The van der Waals surface area contributed by atoms with Crippen molar-refractivity contribution in [3.8, 4) is 11.6 Å². The van der Waals surface area contributed by atoms with Gasteiger partial charge in [-0.25, -0.2) is 4.98 Å². The van der Waals surface area contributed by atoms with E-state index in [-0.39, 0.29) is 11.7 Å². The number of carbonyl (C=O) groups excluding carboxylic acids is 1. The fraction of sp³-hybridized carbons (Fsp3) is 0.217. The number of H-pyrrole nitrogens is 1. The highest BCUT2D eigenvalue weighted by Gasteiger charge is 2.16. The molecule has 0 aliphatic rings. The molecule has 5 aromatic rings. The number of benzene rings is 2. The van der Waals surface area contributed by atoms with Crippen molar-refractivity contribution in [2.75, 3.05) is 12.3 Å². The summed E-state index contributed by atoms with van der Waals surface area (Å²) in [6.45, 7) is 3.38. The molecule has 3 heterocycles. The third kappa shape index (κ3) is 4.11. The summed E-state index contributed by atoms with van der Waals surface area (Å²) in [5.41, 5.74) is 3.93. The maximum Gasteiger partial charge on any atom is 0.277 e. The molecule has 0 radical (unpaired) electrons. The number of fused-ring (bicyclic) bond motifs is 2. The van der Waals surface area contributed by atoms with E-state index in [0.29, 0.717) is 24.1 Å². The number of thioether (sulfide) groups is 1. The molecule has 0 saturated heterocycles. The number of imidazole rings is 1. The molecular weight excluding hydrogens is 424 g/mol. The molecule has 0 aliphatic carbocycles. The van der Waals surface area contributed by atoms with Crippen LogP contribution >= 0.6 is 11.8 Å². The van der Waals surface area contributed by atoms with Crippen molar-refractivity contribution in [1.29, 1.82) is 0 Å². The number of hydrogen-bond acceptors (Lipinski definition) is 6. The maximum absolute atomic E-state index is 12.2. The van der Waals surface area contributed by atoms with E-state index in [2.05, 4.69) is 49.1 Å². The fourth-order valence-corrected chi connectivity index (χ4v) is 4.32. The Balaban J connectivity index is 1.16. The minimum Gasteiger partial charge on any atom is -0.410 e. The number of aromatic nitrogens is 5. The second-order valence-corrected chi connectivity index (χ2v) is 8.22. The average molecular weight is 447 g/mol. The molecule has 5 rings (SSSR count). The molecule has 2 N–H and O–H groups in total. The summed E-state index contributed by atoms with van der Waals surface area (Å²) < 4.78 is 7.97. The Labute approximate surface area is 188 Å². The summed E-state index contributed by atoms with van der Waals surface area (Å²) in [5, 5.41) is 12.7. The van der Waals surface area contributed by atoms with Gasteiger partial charge in [0.1, 0.15) is 11.5 Å². The van der Waals surface area contributed by atoms with E-state index in [4.69, 9.17) is 4.42 Å². The number of aryl methyl sites for hydroxylation is 1. The van der Waals surface area contributed by atoms with Crippen molar-refractivity contribution in [2.24, 2.45) is 0 Å². The highest BCUT2D eigenvalue weighted by atomic mass is 32.2. The van der Waals surface area contributed by atoms with Gasteiger partial charge in [-0.05, 0) is 31.2 Å². The predicted molar refractivity (Wildman–Crippen MR) is 124 cm³/mol. The summed E-state index contributed by atoms with van der Waals surface area (Å²) >= 11 is 1.23. The van der Waals surface area contributed by atoms with Crippen LogP contribution in [0.4, 0.5) is 0 Å². The number of nitrogens with one attached hydrogen (secondary N) is 2. The Kier molecular flexibility index (Phi) is 5.64. The first-order valence-corrected chi connectivity index (χ1v) is 11.4. The number of aromatic amines is 1. The van der Waals surface area contributed by atoms with E-state index in [1.54, 1.807) is 0 Å². The van der Waals surface area contributed by atoms with E-state index in [0.717, 1.165) is 40.0 Å². The molecule has 162 valence electrons. The van der Waals surface area contributed by atoms with E-state index >= 15 is 0 Å². The number of para-hydroxylation sites is 3. The molecule has 1 amide bonds. The Morgan fingerprint density at radius 3 is 2.88 bits per heavy atom. The van der Waals surface area contributed by atoms with Crippen LogP contribution in [0.3, 0.4) is 0 Å². The van der Waals surface area contributed by atoms with Crippen LogP contribution in [-0.4, -0.2) is 42.9 Å². The second kappa shape index (κ2) is 8.88. The first kappa shape index (κ1) is 20.3. The van der Waals surface area contributed by atoms with Gasteiger partial charge >= 0.3 is 0 Å². The lowest BCUT2D eigenvalue weighted by atomic mass is 10.2. The molecule has 0 aliphatic heterocycles. The topological polar surface area (TPSA) is 102 Å². The lowest BCUT2D eigenvalue weighted by molar-refractivity contribution is -0.118. The molecule has 0 spiro atoms. The van der Waals surface area contributed by atoms with Gasteiger partial charge in [0.05, 0.1) is 16.8 Å². The largest absolute Gasteiger partial charge is 0.410 e. The number of carbonyl (C=O) groups is 1. The Morgan fingerprint density at radius 1 is 1.16 bits per heavy atom. The van der Waals surface area contributed by atoms with Gasteiger partial charge in [0, 0.05) is 30.4 Å². The standard InChI is InChI=1S/C23H22N6O2S/c1-2-29-18-10-6-3-7-15(18)13-19(29)22-27-28-23(31-22)32-14-21(30)24-12-11-20-25-16-8-4-5-9-17(16)26-20/h3-10,13H,2,11-12,14H2,1H3,(H,24,30)(H,25,26). The van der Waals surface area contributed by atoms with Crippen molar-refractivity contribution in [3.05, 3.63) is 60.4 Å². The second-order valence-electron chi connectivity index (χ2n) is 7.30. The summed E-state index contributed by atoms with van der Waals surface area (Å²) in [6.07, 6.45) is 0.636. The third-order valence-corrected chi connectivity index (χ3v) is 6.02. The summed E-state index contributed by atoms with van der Waals surface area (Å²) in [7, 11) is 0. The molecule has 0 bridgehead atoms. The van der Waals surface area contributed by atoms with Crippen LogP contribution in [0.1, 0.15) is 12.7 Å². The zero-order valence-corrected chi connectivity index (χ0v) is 18.4. The van der Waals surface area contributed by atoms with Gasteiger partial charge in [-0.3, -0.25) is 4.79 Å². The first-order valence-electron chi connectivity index (χ1n) is 10.5. The Hall–Kier alpha value is -3.59. The highest BCUT2D eigenvalue weighted by Crippen LogP contribution is 2.29. The van der Waals surface area contributed by atoms with Gasteiger partial charge in [-0.2, -0.15) is 0 Å². The van der Waals surface area contributed by atoms with Crippen LogP contribution in [-0.2, 0) is 17.8 Å². The lowest BCUT2D eigenvalue weighted by Crippen LogP contribution is -2.27. The van der Waals surface area contributed by atoms with Gasteiger partial charge in [0.2, 0.25) is 5.91 Å². The van der Waals surface area contributed by atoms with Crippen LogP contribution in [0.15, 0.2) is 64.2 Å². The monoisotopic (exact) mass is 446 g/mol. The van der Waals surface area contributed by atoms with Crippen LogP contribution in [0.5, 0.6) is 0 Å². The summed E-state index contributed by atoms with van der Waals surface area (Å²) in [4.78, 5) is 20.0. The van der Waals surface area contributed by atoms with E-state index in [1.165, 1.54) is 11.8 Å². The molecule has 0 fully saturated rings. The molecule has 2 aromatic carbocycles. The molecule has 0 atom stereocenters. The van der Waals surface area contributed by atoms with Crippen LogP contribution in [0, 0.1) is 0 Å². The summed E-state index contributed by atoms with van der Waals surface area (Å²) in [6, 6.07) is 18.1. The zero-order valence-electron chi connectivity index (χ0n) is 17.5. The molecule has 32 heavy (non-hydrogen) atoms. The van der Waals surface area contributed by atoms with Crippen molar-refractivity contribution >= 4 is 39.6 Å². The molecule has 8 nitrogen and oxygen atoms in total. The number of amides is 1. The van der Waals surface area contributed by atoms with Crippen molar-refractivity contribution < 1.29 is 9.21 Å². The normalized spacial score (nSPS) is 11.4. The maximum atomic E-state index is 12.2. The van der Waals surface area contributed by atoms with Gasteiger partial charge < -0.3 is 19.3 Å². The van der Waals surface area contributed by atoms with Crippen LogP contribution in [0.25, 0.3) is 33.5 Å². The van der Waals surface area contributed by atoms with Crippen molar-refractivity contribution in [1.82, 2.24) is 30.0 Å². The smallest absolute Gasteiger partial charge is 0.277 e. The quantitative estimate of drug-likeness (QED) is 0.349. The lowest BCUT2D eigenvalue weighted by Gasteiger charge is -2.04. The van der Waals surface area contributed by atoms with E-state index in [1.807, 2.05) is 42.5 Å². The van der Waals surface area contributed by atoms with E-state index in [9.17, 15) is 4.79 Å². The molecule has 0 unspecified atom stereocenters. The van der Waals surface area contributed by atoms with Gasteiger partial charge in [-0.1, -0.05) is 42.1 Å². The summed E-state index contributed by atoms with van der Waals surface area (Å²) in [5.74, 6) is 1.43. The predicted octanol–water partition coefficient (Wildman–Crippen LogP) is 4.04. The van der Waals surface area contributed by atoms with Gasteiger partial charge in [-0.15, -0.1) is 10.2 Å². The number of hydrogen-bond donors (Lipinski definition) is 2. The molecule has 0 saturated carbocycles. The number of rotatable bonds is 8. The Bertz CT molecular complexity index is 1350. The van der Waals surface area contributed by atoms with Crippen molar-refractivity contribution in [3.63, 3.8) is 0 Å². The fourth-order valence-electron chi connectivity index (χ4n) is 3.72. The minimum absolute atomic E-state index is 0.0893. The molecule has 3 aromatic heterocycles. The van der Waals surface area contributed by atoms with Gasteiger partial charge in [0.15, 0.2) is 0 Å². The zero-order chi connectivity index (χ0) is 21.9. The van der Waals surface area contributed by atoms with Crippen molar-refractivity contribution in [2.45, 2.75) is 25.1 Å². The minimum atomic E-state index is -0.0893. The van der Waals surface area contributed by atoms with Gasteiger partial charge in [0.25, 0.3) is 11.1 Å². The third-order valence-electron chi connectivity index (χ3n) is 5.20. The highest BCUT2D eigenvalue weighted by molar-refractivity contribution is 7.99. The molecule has 9 heteroatoms. The molecular formula is C23H22N6O2S. The number of nitrogens with zero attached hydrogens (tertiary/aromatic N) is 4. The van der Waals surface area contributed by atoms with Crippen LogP contribution < -0.4 is 5.32 Å². The van der Waals surface area contributed by atoms with Crippen LogP contribution in [0.2, 0.25) is 0 Å². The Morgan fingerprint density at radius 2 is 2.00 bits per heavy atom. The SMILES string of the molecule is CCn1c(-c2nnc(SCC(=O)NCCc3nc4ccccc4[nH]3)o2)cc2ccccc21.